The van der Waals surface area contributed by atoms with E-state index in [0.29, 0.717) is 19.8 Å². The minimum Gasteiger partial charge on any atom is -0.391 e. The zero-order valence-corrected chi connectivity index (χ0v) is 26.9. The summed E-state index contributed by atoms with van der Waals surface area (Å²) in [4.78, 5) is 1.13. The Balaban J connectivity index is 1.54. The maximum Gasteiger partial charge on any atom is 0.349 e. The first-order valence-corrected chi connectivity index (χ1v) is 17.3. The van der Waals surface area contributed by atoms with Crippen molar-refractivity contribution in [3.05, 3.63) is 102 Å². The van der Waals surface area contributed by atoms with E-state index >= 15 is 0 Å². The molecule has 7 heteroatoms. The van der Waals surface area contributed by atoms with Crippen molar-refractivity contribution >= 4 is 20.3 Å². The SMILES string of the molecule is CC(C)(C)[Si]1(C(C)(C)C)OC[C@H]2O[C@H](Sc3ccccc3)[C@H](OCc3ccccc3)[C@@H](O1)[C@@H]2OCc1ccccc1. The van der Waals surface area contributed by atoms with Crippen LogP contribution in [-0.2, 0) is 36.3 Å². The van der Waals surface area contributed by atoms with Crippen LogP contribution in [0.5, 0.6) is 0 Å². The third-order valence-corrected chi connectivity index (χ3v) is 14.2. The van der Waals surface area contributed by atoms with Gasteiger partial charge in [0.2, 0.25) is 0 Å². The summed E-state index contributed by atoms with van der Waals surface area (Å²) in [5.41, 5.74) is 1.93. The van der Waals surface area contributed by atoms with Crippen LogP contribution in [0, 0.1) is 0 Å². The van der Waals surface area contributed by atoms with Gasteiger partial charge in [0.25, 0.3) is 0 Å². The van der Waals surface area contributed by atoms with Crippen molar-refractivity contribution in [3.63, 3.8) is 0 Å². The maximum atomic E-state index is 7.44. The van der Waals surface area contributed by atoms with Crippen LogP contribution in [0.4, 0.5) is 0 Å². The van der Waals surface area contributed by atoms with Gasteiger partial charge in [-0.05, 0) is 23.3 Å². The van der Waals surface area contributed by atoms with E-state index in [4.69, 9.17) is 23.1 Å². The molecule has 0 spiro atoms. The summed E-state index contributed by atoms with van der Waals surface area (Å²) >= 11 is 1.68. The first-order chi connectivity index (χ1) is 19.6. The second-order valence-corrected chi connectivity index (χ2v) is 18.9. The van der Waals surface area contributed by atoms with Crippen LogP contribution in [0.15, 0.2) is 95.9 Å². The molecular weight excluding hydrogens is 549 g/mol. The molecule has 2 aliphatic heterocycles. The summed E-state index contributed by atoms with van der Waals surface area (Å²) in [5.74, 6) is 0. The van der Waals surface area contributed by atoms with E-state index in [9.17, 15) is 0 Å². The Bertz CT molecular complexity index is 1210. The minimum atomic E-state index is -2.89. The number of hydrogen-bond acceptors (Lipinski definition) is 6. The van der Waals surface area contributed by atoms with Crippen LogP contribution in [-0.4, -0.2) is 45.0 Å². The topological polar surface area (TPSA) is 46.2 Å². The molecule has 5 nitrogen and oxygen atoms in total. The fourth-order valence-electron chi connectivity index (χ4n) is 6.12. The molecule has 0 unspecified atom stereocenters. The first-order valence-electron chi connectivity index (χ1n) is 14.6. The van der Waals surface area contributed by atoms with E-state index in [2.05, 4.69) is 90.1 Å². The van der Waals surface area contributed by atoms with Gasteiger partial charge in [0, 0.05) is 15.0 Å². The number of thioether (sulfide) groups is 1. The van der Waals surface area contributed by atoms with Gasteiger partial charge >= 0.3 is 8.56 Å². The zero-order chi connectivity index (χ0) is 29.1. The maximum absolute atomic E-state index is 7.44. The molecule has 2 heterocycles. The standard InChI is InChI=1S/C34H44O5SSi/c1-33(2,3)41(34(4,5)6)37-24-28-29(35-22-25-16-10-7-11-17-25)30(39-41)31(36-23-26-18-12-8-13-19-26)32(38-28)40-27-20-14-9-15-21-27/h7-21,28-32H,22-24H2,1-6H3/t28-,29-,30+,31-,32-/m1/s1. The van der Waals surface area contributed by atoms with Crippen molar-refractivity contribution in [2.75, 3.05) is 6.61 Å². The summed E-state index contributed by atoms with van der Waals surface area (Å²) < 4.78 is 34.8. The Kier molecular flexibility index (Phi) is 9.46. The molecule has 220 valence electrons. The molecular formula is C34H44O5SSi. The lowest BCUT2D eigenvalue weighted by molar-refractivity contribution is -0.221. The average molecular weight is 593 g/mol. The highest BCUT2D eigenvalue weighted by Gasteiger charge is 2.64. The Morgan fingerprint density at radius 2 is 1.20 bits per heavy atom. The molecule has 41 heavy (non-hydrogen) atoms. The lowest BCUT2D eigenvalue weighted by Crippen LogP contribution is -2.63. The third kappa shape index (κ3) is 6.83. The number of rotatable bonds is 8. The molecule has 2 aliphatic rings. The van der Waals surface area contributed by atoms with E-state index in [1.165, 1.54) is 0 Å². The number of hydrogen-bond donors (Lipinski definition) is 0. The van der Waals surface area contributed by atoms with E-state index < -0.39 is 8.56 Å². The number of ether oxygens (including phenoxy) is 3. The van der Waals surface area contributed by atoms with Gasteiger partial charge in [-0.3, -0.25) is 0 Å². The quantitative estimate of drug-likeness (QED) is 0.246. The monoisotopic (exact) mass is 592 g/mol. The van der Waals surface area contributed by atoms with Crippen molar-refractivity contribution in [3.8, 4) is 0 Å². The molecule has 3 aromatic rings. The van der Waals surface area contributed by atoms with Crippen molar-refractivity contribution in [1.82, 2.24) is 0 Å². The Hall–Kier alpha value is -1.97. The minimum absolute atomic E-state index is 0.196. The lowest BCUT2D eigenvalue weighted by atomic mass is 9.99. The van der Waals surface area contributed by atoms with E-state index in [0.717, 1.165) is 16.0 Å². The molecule has 0 N–H and O–H groups in total. The van der Waals surface area contributed by atoms with Crippen LogP contribution >= 0.6 is 11.8 Å². The fraction of sp³-hybridized carbons (Fsp3) is 0.471. The molecule has 2 saturated heterocycles. The second-order valence-electron chi connectivity index (χ2n) is 13.0. The van der Waals surface area contributed by atoms with Crippen LogP contribution in [0.25, 0.3) is 0 Å². The van der Waals surface area contributed by atoms with Gasteiger partial charge in [-0.1, -0.05) is 132 Å². The number of benzene rings is 3. The molecule has 0 aliphatic carbocycles. The summed E-state index contributed by atoms with van der Waals surface area (Å²) in [6.45, 7) is 14.8. The predicted octanol–water partition coefficient (Wildman–Crippen LogP) is 8.13. The molecule has 5 rings (SSSR count). The Morgan fingerprint density at radius 3 is 1.71 bits per heavy atom. The van der Waals surface area contributed by atoms with E-state index in [1.807, 2.05) is 42.5 Å². The van der Waals surface area contributed by atoms with E-state index in [1.54, 1.807) is 11.8 Å². The van der Waals surface area contributed by atoms with Crippen LogP contribution < -0.4 is 0 Å². The molecule has 2 bridgehead atoms. The summed E-state index contributed by atoms with van der Waals surface area (Å²) in [6.07, 6.45) is -1.38. The third-order valence-electron chi connectivity index (χ3n) is 7.88. The summed E-state index contributed by atoms with van der Waals surface area (Å²) in [7, 11) is -2.89. The molecule has 3 aromatic carbocycles. The fourth-order valence-corrected chi connectivity index (χ4v) is 12.2. The molecule has 0 saturated carbocycles. The molecule has 5 atom stereocenters. The first kappa shape index (κ1) is 30.5. The highest BCUT2D eigenvalue weighted by molar-refractivity contribution is 7.99. The highest BCUT2D eigenvalue weighted by Crippen LogP contribution is 2.55. The Labute approximate surface area is 251 Å². The van der Waals surface area contributed by atoms with Crippen LogP contribution in [0.3, 0.4) is 0 Å². The van der Waals surface area contributed by atoms with Gasteiger partial charge in [0.1, 0.15) is 29.9 Å². The normalized spacial score (nSPS) is 26.3. The summed E-state index contributed by atoms with van der Waals surface area (Å²) in [5, 5.41) is -0.391. The van der Waals surface area contributed by atoms with Crippen LogP contribution in [0.2, 0.25) is 10.1 Å². The van der Waals surface area contributed by atoms with Gasteiger partial charge in [0.15, 0.2) is 0 Å². The van der Waals surface area contributed by atoms with Crippen molar-refractivity contribution < 1.29 is 23.1 Å². The molecule has 2 fully saturated rings. The smallest absolute Gasteiger partial charge is 0.349 e. The van der Waals surface area contributed by atoms with Crippen molar-refractivity contribution in [2.45, 2.75) is 99.6 Å². The van der Waals surface area contributed by atoms with Crippen molar-refractivity contribution in [2.24, 2.45) is 0 Å². The van der Waals surface area contributed by atoms with E-state index in [-0.39, 0.29) is 39.9 Å². The molecule has 0 aromatic heterocycles. The lowest BCUT2D eigenvalue weighted by Gasteiger charge is -2.51. The molecule has 0 amide bonds. The number of fused-ring (bicyclic) bond motifs is 2. The molecule has 0 radical (unpaired) electrons. The second kappa shape index (κ2) is 12.7. The summed E-state index contributed by atoms with van der Waals surface area (Å²) in [6, 6.07) is 31.0. The van der Waals surface area contributed by atoms with Gasteiger partial charge < -0.3 is 23.1 Å². The zero-order valence-electron chi connectivity index (χ0n) is 25.1. The van der Waals surface area contributed by atoms with Crippen LogP contribution in [0.1, 0.15) is 52.7 Å². The van der Waals surface area contributed by atoms with Gasteiger partial charge in [-0.25, -0.2) is 0 Å². The largest absolute Gasteiger partial charge is 0.391 e. The predicted molar refractivity (Wildman–Crippen MR) is 167 cm³/mol. The van der Waals surface area contributed by atoms with Gasteiger partial charge in [0.05, 0.1) is 19.8 Å². The van der Waals surface area contributed by atoms with Gasteiger partial charge in [-0.15, -0.1) is 0 Å². The average Bonchev–Trinajstić information content (AvgIpc) is 3.07. The van der Waals surface area contributed by atoms with Crippen molar-refractivity contribution in [1.29, 1.82) is 0 Å². The van der Waals surface area contributed by atoms with Gasteiger partial charge in [-0.2, -0.15) is 0 Å². The highest BCUT2D eigenvalue weighted by atomic mass is 32.2. The Morgan fingerprint density at radius 1 is 0.707 bits per heavy atom.